The average Bonchev–Trinajstić information content (AvgIpc) is 2.46. The fraction of sp³-hybridized carbons (Fsp3) is 0.500. The molecular formula is C14H18N2O5. The zero-order chi connectivity index (χ0) is 15.5. The number of nitro groups is 1. The van der Waals surface area contributed by atoms with Crippen LogP contribution < -0.4 is 10.5 Å². The normalized spacial score (nSPS) is 25.1. The Kier molecular flexibility index (Phi) is 4.42. The minimum absolute atomic E-state index is 0.0321. The third-order valence-corrected chi connectivity index (χ3v) is 3.66. The molecule has 1 aliphatic carbocycles. The van der Waals surface area contributed by atoms with Crippen LogP contribution in [-0.2, 0) is 9.53 Å². The van der Waals surface area contributed by atoms with Gasteiger partial charge in [0, 0.05) is 12.5 Å². The van der Waals surface area contributed by atoms with Gasteiger partial charge in [-0.3, -0.25) is 14.9 Å². The van der Waals surface area contributed by atoms with Crippen molar-refractivity contribution in [3.8, 4) is 5.75 Å². The summed E-state index contributed by atoms with van der Waals surface area (Å²) in [5, 5.41) is 10.7. The molecule has 1 aliphatic rings. The number of rotatable bonds is 4. The van der Waals surface area contributed by atoms with Crippen molar-refractivity contribution in [2.75, 3.05) is 7.11 Å². The molecule has 1 aromatic carbocycles. The number of carbonyl (C=O) groups excluding carboxylic acids is 1. The molecule has 2 unspecified atom stereocenters. The van der Waals surface area contributed by atoms with Gasteiger partial charge < -0.3 is 15.2 Å². The van der Waals surface area contributed by atoms with Crippen molar-refractivity contribution in [1.82, 2.24) is 0 Å². The third kappa shape index (κ3) is 3.49. The highest BCUT2D eigenvalue weighted by atomic mass is 16.6. The zero-order valence-corrected chi connectivity index (χ0v) is 11.8. The van der Waals surface area contributed by atoms with E-state index in [1.54, 1.807) is 12.1 Å². The number of ether oxygens (including phenoxy) is 2. The van der Waals surface area contributed by atoms with Gasteiger partial charge in [-0.2, -0.15) is 0 Å². The second kappa shape index (κ2) is 6.09. The highest BCUT2D eigenvalue weighted by Gasteiger charge is 2.41. The van der Waals surface area contributed by atoms with Crippen LogP contribution in [0.2, 0.25) is 0 Å². The summed E-state index contributed by atoms with van der Waals surface area (Å²) in [7, 11) is 1.31. The molecule has 1 fully saturated rings. The summed E-state index contributed by atoms with van der Waals surface area (Å²) in [4.78, 5) is 22.0. The van der Waals surface area contributed by atoms with Crippen LogP contribution in [0.5, 0.6) is 5.75 Å². The summed E-state index contributed by atoms with van der Waals surface area (Å²) in [5.41, 5.74) is 5.00. The summed E-state index contributed by atoms with van der Waals surface area (Å²) in [6.45, 7) is 0. The van der Waals surface area contributed by atoms with Crippen LogP contribution in [0.3, 0.4) is 0 Å². The first kappa shape index (κ1) is 15.2. The molecule has 114 valence electrons. The Morgan fingerprint density at radius 1 is 1.52 bits per heavy atom. The predicted molar refractivity (Wildman–Crippen MR) is 74.9 cm³/mol. The summed E-state index contributed by atoms with van der Waals surface area (Å²) in [6, 6.07) is 5.98. The molecule has 0 saturated heterocycles. The third-order valence-electron chi connectivity index (χ3n) is 3.66. The summed E-state index contributed by atoms with van der Waals surface area (Å²) < 4.78 is 10.5. The molecule has 1 saturated carbocycles. The number of hydrogen-bond acceptors (Lipinski definition) is 6. The van der Waals surface area contributed by atoms with Crippen molar-refractivity contribution in [2.24, 2.45) is 5.73 Å². The van der Waals surface area contributed by atoms with Gasteiger partial charge in [0.1, 0.15) is 17.4 Å². The molecule has 7 heteroatoms. The van der Waals surface area contributed by atoms with E-state index in [4.69, 9.17) is 15.2 Å². The van der Waals surface area contributed by atoms with Gasteiger partial charge in [-0.15, -0.1) is 0 Å². The Bertz CT molecular complexity index is 548. The monoisotopic (exact) mass is 294 g/mol. The lowest BCUT2D eigenvalue weighted by atomic mass is 9.81. The molecule has 0 amide bonds. The first-order chi connectivity index (χ1) is 9.94. The molecule has 2 N–H and O–H groups in total. The van der Waals surface area contributed by atoms with Crippen LogP contribution in [0.1, 0.15) is 25.7 Å². The lowest BCUT2D eigenvalue weighted by Gasteiger charge is -2.35. The van der Waals surface area contributed by atoms with E-state index >= 15 is 0 Å². The second-order valence-corrected chi connectivity index (χ2v) is 5.24. The largest absolute Gasteiger partial charge is 0.490 e. The number of non-ortho nitro benzene ring substituents is 1. The van der Waals surface area contributed by atoms with Gasteiger partial charge in [-0.1, -0.05) is 6.07 Å². The van der Waals surface area contributed by atoms with E-state index in [0.717, 1.165) is 12.8 Å². The maximum Gasteiger partial charge on any atom is 0.325 e. The molecular weight excluding hydrogens is 276 g/mol. The maximum absolute atomic E-state index is 11.7. The Hall–Kier alpha value is -2.15. The number of nitro benzene ring substituents is 1. The minimum Gasteiger partial charge on any atom is -0.490 e. The number of benzene rings is 1. The summed E-state index contributed by atoms with van der Waals surface area (Å²) in [6.07, 6.45) is 2.12. The van der Waals surface area contributed by atoms with E-state index < -0.39 is 16.4 Å². The van der Waals surface area contributed by atoms with Crippen LogP contribution in [0.15, 0.2) is 24.3 Å². The smallest absolute Gasteiger partial charge is 0.325 e. The SMILES string of the molecule is COC(=O)C1(N)CCCC(Oc2cccc([N+](=O)[O-])c2)C1. The average molecular weight is 294 g/mol. The zero-order valence-electron chi connectivity index (χ0n) is 11.8. The van der Waals surface area contributed by atoms with Crippen LogP contribution >= 0.6 is 0 Å². The Morgan fingerprint density at radius 2 is 2.29 bits per heavy atom. The quantitative estimate of drug-likeness (QED) is 0.515. The molecule has 0 spiro atoms. The standard InChI is InChI=1S/C14H18N2O5/c1-20-13(17)14(15)7-3-6-12(9-14)21-11-5-2-4-10(8-11)16(18)19/h2,4-5,8,12H,3,6-7,9,15H2,1H3. The summed E-state index contributed by atoms with van der Waals surface area (Å²) >= 11 is 0. The van der Waals surface area contributed by atoms with Crippen LogP contribution in [0, 0.1) is 10.1 Å². The fourth-order valence-corrected chi connectivity index (χ4v) is 2.61. The highest BCUT2D eigenvalue weighted by Crippen LogP contribution is 2.31. The van der Waals surface area contributed by atoms with E-state index in [-0.39, 0.29) is 11.8 Å². The fourth-order valence-electron chi connectivity index (χ4n) is 2.61. The van der Waals surface area contributed by atoms with Crippen LogP contribution in [0.25, 0.3) is 0 Å². The molecule has 2 atom stereocenters. The van der Waals surface area contributed by atoms with Gasteiger partial charge in [0.05, 0.1) is 18.1 Å². The molecule has 0 aliphatic heterocycles. The Labute approximate surface area is 122 Å². The van der Waals surface area contributed by atoms with Crippen LogP contribution in [-0.4, -0.2) is 29.6 Å². The van der Waals surface area contributed by atoms with E-state index in [9.17, 15) is 14.9 Å². The first-order valence-corrected chi connectivity index (χ1v) is 6.73. The molecule has 1 aromatic rings. The molecule has 2 rings (SSSR count). The number of hydrogen-bond donors (Lipinski definition) is 1. The van der Waals surface area contributed by atoms with E-state index in [2.05, 4.69) is 0 Å². The van der Waals surface area contributed by atoms with Crippen LogP contribution in [0.4, 0.5) is 5.69 Å². The molecule has 21 heavy (non-hydrogen) atoms. The van der Waals surface area contributed by atoms with E-state index in [1.165, 1.54) is 19.2 Å². The predicted octanol–water partition coefficient (Wildman–Crippen LogP) is 1.79. The van der Waals surface area contributed by atoms with E-state index in [0.29, 0.717) is 18.6 Å². The lowest BCUT2D eigenvalue weighted by Crippen LogP contribution is -2.53. The van der Waals surface area contributed by atoms with Crippen molar-refractivity contribution in [3.63, 3.8) is 0 Å². The lowest BCUT2D eigenvalue weighted by molar-refractivity contribution is -0.385. The molecule has 7 nitrogen and oxygen atoms in total. The maximum atomic E-state index is 11.7. The number of methoxy groups -OCH3 is 1. The van der Waals surface area contributed by atoms with Gasteiger partial charge in [0.25, 0.3) is 5.69 Å². The topological polar surface area (TPSA) is 105 Å². The van der Waals surface area contributed by atoms with Gasteiger partial charge in [-0.05, 0) is 25.3 Å². The van der Waals surface area contributed by atoms with Gasteiger partial charge in [-0.25, -0.2) is 0 Å². The second-order valence-electron chi connectivity index (χ2n) is 5.24. The number of carbonyl (C=O) groups is 1. The Morgan fingerprint density at radius 3 is 2.95 bits per heavy atom. The Balaban J connectivity index is 2.07. The van der Waals surface area contributed by atoms with Crippen molar-refractivity contribution in [1.29, 1.82) is 0 Å². The minimum atomic E-state index is -1.04. The van der Waals surface area contributed by atoms with Crippen molar-refractivity contribution >= 4 is 11.7 Å². The first-order valence-electron chi connectivity index (χ1n) is 6.73. The number of nitrogens with two attached hydrogens (primary N) is 1. The van der Waals surface area contributed by atoms with Gasteiger partial charge in [0.15, 0.2) is 0 Å². The van der Waals surface area contributed by atoms with E-state index in [1.807, 2.05) is 0 Å². The summed E-state index contributed by atoms with van der Waals surface area (Å²) in [5.74, 6) is -0.0434. The van der Waals surface area contributed by atoms with Gasteiger partial charge >= 0.3 is 5.97 Å². The molecule has 0 heterocycles. The molecule has 0 bridgehead atoms. The van der Waals surface area contributed by atoms with Gasteiger partial charge in [0.2, 0.25) is 0 Å². The van der Waals surface area contributed by atoms with Crippen molar-refractivity contribution < 1.29 is 19.2 Å². The highest BCUT2D eigenvalue weighted by molar-refractivity contribution is 5.80. The van der Waals surface area contributed by atoms with Crippen molar-refractivity contribution in [3.05, 3.63) is 34.4 Å². The number of nitrogens with zero attached hydrogens (tertiary/aromatic N) is 1. The molecule has 0 aromatic heterocycles. The number of esters is 1. The van der Waals surface area contributed by atoms with Crippen molar-refractivity contribution in [2.45, 2.75) is 37.3 Å². The molecule has 0 radical (unpaired) electrons.